The summed E-state index contributed by atoms with van der Waals surface area (Å²) >= 11 is 0. The molecule has 0 aromatic heterocycles. The molecule has 36 heavy (non-hydrogen) atoms. The minimum atomic E-state index is -0.415. The van der Waals surface area contributed by atoms with Gasteiger partial charge in [0, 0.05) is 24.3 Å². The first-order chi connectivity index (χ1) is 17.6. The van der Waals surface area contributed by atoms with Crippen molar-refractivity contribution in [2.24, 2.45) is 5.16 Å². The monoisotopic (exact) mass is 475 g/mol. The number of carbonyl (C=O) groups excluding carboxylic acids is 1. The van der Waals surface area contributed by atoms with Crippen molar-refractivity contribution in [2.75, 3.05) is 0 Å². The maximum Gasteiger partial charge on any atom is 0.331 e. The van der Waals surface area contributed by atoms with Gasteiger partial charge in [-0.05, 0) is 51.4 Å². The summed E-state index contributed by atoms with van der Waals surface area (Å²) < 4.78 is 0. The highest BCUT2D eigenvalue weighted by Gasteiger charge is 2.41. The van der Waals surface area contributed by atoms with Crippen molar-refractivity contribution in [2.45, 2.75) is 58.3 Å². The maximum absolute atomic E-state index is 11.7. The molecule has 5 rings (SSSR count). The number of benzene rings is 4. The number of rotatable bonds is 8. The van der Waals surface area contributed by atoms with Crippen LogP contribution in [0.5, 0.6) is 0 Å². The largest absolute Gasteiger partial charge is 0.331 e. The van der Waals surface area contributed by atoms with Gasteiger partial charge in [-0.3, -0.25) is 0 Å². The normalized spacial score (nSPS) is 13.9. The van der Waals surface area contributed by atoms with Gasteiger partial charge in [-0.2, -0.15) is 0 Å². The second-order valence-electron chi connectivity index (χ2n) is 9.83. The van der Waals surface area contributed by atoms with Gasteiger partial charge in [0.1, 0.15) is 0 Å². The number of fused-ring (bicyclic) bond motifs is 4. The van der Waals surface area contributed by atoms with E-state index in [1.54, 1.807) is 0 Å². The van der Waals surface area contributed by atoms with E-state index in [4.69, 9.17) is 4.84 Å². The summed E-state index contributed by atoms with van der Waals surface area (Å²) in [5.74, 6) is -0.415. The zero-order valence-corrected chi connectivity index (χ0v) is 21.4. The quantitative estimate of drug-likeness (QED) is 0.146. The molecule has 0 unspecified atom stereocenters. The lowest BCUT2D eigenvalue weighted by Crippen LogP contribution is -2.25. The summed E-state index contributed by atoms with van der Waals surface area (Å²) in [5.41, 5.74) is 8.57. The summed E-state index contributed by atoms with van der Waals surface area (Å²) in [6.07, 6.45) is 5.11. The Balaban J connectivity index is 1.62. The van der Waals surface area contributed by atoms with Gasteiger partial charge < -0.3 is 4.84 Å². The molecule has 0 saturated carbocycles. The summed E-state index contributed by atoms with van der Waals surface area (Å²) in [7, 11) is 0. The molecule has 0 N–H and O–H groups in total. The predicted molar refractivity (Wildman–Crippen MR) is 148 cm³/mol. The molecule has 0 radical (unpaired) electrons. The molecule has 0 amide bonds. The van der Waals surface area contributed by atoms with E-state index in [0.29, 0.717) is 6.42 Å². The molecular formula is C33H33NO2. The fraction of sp³-hybridized carbons (Fsp3) is 0.273. The Morgan fingerprint density at radius 3 is 2.28 bits per heavy atom. The minimum absolute atomic E-state index is 0.0398. The van der Waals surface area contributed by atoms with Gasteiger partial charge in [0.2, 0.25) is 0 Å². The van der Waals surface area contributed by atoms with E-state index in [9.17, 15) is 4.79 Å². The summed E-state index contributed by atoms with van der Waals surface area (Å²) in [4.78, 5) is 16.9. The van der Waals surface area contributed by atoms with E-state index in [-0.39, 0.29) is 5.41 Å². The third-order valence-electron chi connectivity index (χ3n) is 7.44. The molecule has 1 aliphatic rings. The Morgan fingerprint density at radius 2 is 1.50 bits per heavy atom. The van der Waals surface area contributed by atoms with Gasteiger partial charge in [-0.25, -0.2) is 4.79 Å². The smallest absolute Gasteiger partial charge is 0.318 e. The van der Waals surface area contributed by atoms with Crippen LogP contribution in [-0.2, 0) is 21.5 Å². The van der Waals surface area contributed by atoms with Gasteiger partial charge in [0.15, 0.2) is 0 Å². The predicted octanol–water partition coefficient (Wildman–Crippen LogP) is 8.22. The number of nitrogens with zero attached hydrogens (tertiary/aromatic N) is 1. The number of hydrogen-bond donors (Lipinski definition) is 0. The van der Waals surface area contributed by atoms with Crippen molar-refractivity contribution >= 4 is 22.5 Å². The molecule has 0 fully saturated rings. The topological polar surface area (TPSA) is 38.7 Å². The SMILES string of the molecule is CCCC1(CCC)c2ccccc2-c2ccc(C/C(=N/OC(C)=O)c3cccc4ccccc34)cc21. The third kappa shape index (κ3) is 4.24. The molecule has 0 atom stereocenters. The molecule has 1 aliphatic carbocycles. The van der Waals surface area contributed by atoms with Crippen LogP contribution in [0.4, 0.5) is 0 Å². The highest BCUT2D eigenvalue weighted by molar-refractivity contribution is 6.11. The number of carbonyl (C=O) groups is 1. The van der Waals surface area contributed by atoms with Crippen LogP contribution in [0.25, 0.3) is 21.9 Å². The van der Waals surface area contributed by atoms with Crippen molar-refractivity contribution in [3.63, 3.8) is 0 Å². The maximum atomic E-state index is 11.7. The van der Waals surface area contributed by atoms with Gasteiger partial charge in [-0.15, -0.1) is 0 Å². The molecule has 3 heteroatoms. The molecule has 0 spiro atoms. The zero-order chi connectivity index (χ0) is 25.1. The molecular weight excluding hydrogens is 442 g/mol. The van der Waals surface area contributed by atoms with Crippen molar-refractivity contribution in [1.29, 1.82) is 0 Å². The van der Waals surface area contributed by atoms with E-state index < -0.39 is 5.97 Å². The summed E-state index contributed by atoms with van der Waals surface area (Å²) in [6.45, 7) is 5.96. The highest BCUT2D eigenvalue weighted by atomic mass is 16.7. The molecule has 0 heterocycles. The van der Waals surface area contributed by atoms with E-state index in [1.165, 1.54) is 34.7 Å². The van der Waals surface area contributed by atoms with Crippen LogP contribution in [0.15, 0.2) is 90.1 Å². The fourth-order valence-corrected chi connectivity index (χ4v) is 6.10. The van der Waals surface area contributed by atoms with Gasteiger partial charge in [0.25, 0.3) is 0 Å². The molecule has 4 aromatic carbocycles. The molecule has 3 nitrogen and oxygen atoms in total. The molecule has 4 aromatic rings. The number of hydrogen-bond acceptors (Lipinski definition) is 3. The van der Waals surface area contributed by atoms with Crippen molar-refractivity contribution in [3.05, 3.63) is 107 Å². The molecule has 0 aliphatic heterocycles. The lowest BCUT2D eigenvalue weighted by atomic mass is 9.71. The second kappa shape index (κ2) is 10.1. The average Bonchev–Trinajstić information content (AvgIpc) is 3.16. The zero-order valence-electron chi connectivity index (χ0n) is 21.4. The first-order valence-electron chi connectivity index (χ1n) is 13.0. The van der Waals surface area contributed by atoms with Crippen molar-refractivity contribution in [1.82, 2.24) is 0 Å². The van der Waals surface area contributed by atoms with Crippen LogP contribution < -0.4 is 0 Å². The third-order valence-corrected chi connectivity index (χ3v) is 7.44. The van der Waals surface area contributed by atoms with Crippen LogP contribution in [0.3, 0.4) is 0 Å². The Labute approximate surface area is 213 Å². The van der Waals surface area contributed by atoms with E-state index in [0.717, 1.165) is 47.7 Å². The van der Waals surface area contributed by atoms with Gasteiger partial charge >= 0.3 is 5.97 Å². The Hall–Kier alpha value is -3.72. The first-order valence-corrected chi connectivity index (χ1v) is 13.0. The Kier molecular flexibility index (Phi) is 6.73. The van der Waals surface area contributed by atoms with Crippen LogP contribution >= 0.6 is 0 Å². The minimum Gasteiger partial charge on any atom is -0.318 e. The standard InChI is InChI=1S/C33H33NO2/c1-4-19-33(20-5-2)30-16-9-8-14-27(30)28-18-17-24(21-31(28)33)22-32(34-36-23(3)35)29-15-10-12-25-11-6-7-13-26(25)29/h6-18,21H,4-5,19-20,22H2,1-3H3/b34-32-. The molecule has 0 saturated heterocycles. The Bertz CT molecular complexity index is 1440. The fourth-order valence-electron chi connectivity index (χ4n) is 6.10. The Morgan fingerprint density at radius 1 is 0.806 bits per heavy atom. The van der Waals surface area contributed by atoms with E-state index >= 15 is 0 Å². The van der Waals surface area contributed by atoms with Crippen LogP contribution in [0, 0.1) is 0 Å². The first kappa shape index (κ1) is 24.0. The summed E-state index contributed by atoms with van der Waals surface area (Å²) in [5, 5.41) is 6.59. The number of oxime groups is 1. The van der Waals surface area contributed by atoms with E-state index in [1.807, 2.05) is 18.2 Å². The van der Waals surface area contributed by atoms with Crippen molar-refractivity contribution in [3.8, 4) is 11.1 Å². The van der Waals surface area contributed by atoms with Gasteiger partial charge in [0.05, 0.1) is 5.71 Å². The van der Waals surface area contributed by atoms with Crippen molar-refractivity contribution < 1.29 is 9.63 Å². The molecule has 0 bridgehead atoms. The lowest BCUT2D eigenvalue weighted by molar-refractivity contribution is -0.140. The average molecular weight is 476 g/mol. The summed E-state index contributed by atoms with van der Waals surface area (Å²) in [6, 6.07) is 30.2. The van der Waals surface area contributed by atoms with Gasteiger partial charge in [-0.1, -0.05) is 117 Å². The lowest BCUT2D eigenvalue weighted by Gasteiger charge is -2.32. The van der Waals surface area contributed by atoms with Crippen LogP contribution in [0.1, 0.15) is 68.7 Å². The molecule has 182 valence electrons. The van der Waals surface area contributed by atoms with E-state index in [2.05, 4.69) is 85.7 Å². The van der Waals surface area contributed by atoms with Crippen LogP contribution in [0.2, 0.25) is 0 Å². The second-order valence-corrected chi connectivity index (χ2v) is 9.83. The highest BCUT2D eigenvalue weighted by Crippen LogP contribution is 2.53. The van der Waals surface area contributed by atoms with Crippen LogP contribution in [-0.4, -0.2) is 11.7 Å².